The fourth-order valence-electron chi connectivity index (χ4n) is 3.18. The molecule has 2 heterocycles. The summed E-state index contributed by atoms with van der Waals surface area (Å²) in [6.45, 7) is 0.995. The molecule has 1 aromatic rings. The van der Waals surface area contributed by atoms with Crippen molar-refractivity contribution in [1.82, 2.24) is 4.90 Å². The van der Waals surface area contributed by atoms with Gasteiger partial charge in [-0.05, 0) is 37.4 Å². The van der Waals surface area contributed by atoms with Crippen LogP contribution in [0.15, 0.2) is 18.2 Å². The van der Waals surface area contributed by atoms with Gasteiger partial charge < -0.3 is 16.2 Å². The molecule has 1 amide bonds. The SMILES string of the molecule is Nc1cccc2c1NC(=O)C(N1CCC[C@H]1CO)C2. The number of carbonyl (C=O) groups excluding carboxylic acids is 1. The normalized spacial score (nSPS) is 27.1. The number of hydrogen-bond donors (Lipinski definition) is 3. The largest absolute Gasteiger partial charge is 0.397 e. The topological polar surface area (TPSA) is 78.6 Å². The van der Waals surface area contributed by atoms with Crippen molar-refractivity contribution < 1.29 is 9.90 Å². The molecular weight excluding hydrogens is 242 g/mol. The maximum absolute atomic E-state index is 12.3. The zero-order chi connectivity index (χ0) is 13.4. The van der Waals surface area contributed by atoms with Crippen LogP contribution in [0.25, 0.3) is 0 Å². The zero-order valence-electron chi connectivity index (χ0n) is 10.8. The number of para-hydroxylation sites is 1. The van der Waals surface area contributed by atoms with Gasteiger partial charge in [0.25, 0.3) is 0 Å². The van der Waals surface area contributed by atoms with Gasteiger partial charge in [-0.25, -0.2) is 0 Å². The molecule has 1 saturated heterocycles. The van der Waals surface area contributed by atoms with Gasteiger partial charge in [-0.15, -0.1) is 0 Å². The molecule has 3 rings (SSSR count). The van der Waals surface area contributed by atoms with E-state index in [1.54, 1.807) is 6.07 Å². The lowest BCUT2D eigenvalue weighted by Crippen LogP contribution is -2.50. The van der Waals surface area contributed by atoms with Gasteiger partial charge in [0, 0.05) is 6.04 Å². The fraction of sp³-hybridized carbons (Fsp3) is 0.500. The van der Waals surface area contributed by atoms with Crippen LogP contribution in [-0.2, 0) is 11.2 Å². The summed E-state index contributed by atoms with van der Waals surface area (Å²) in [6, 6.07) is 5.64. The zero-order valence-corrected chi connectivity index (χ0v) is 10.8. The monoisotopic (exact) mass is 261 g/mol. The molecule has 2 aliphatic heterocycles. The second-order valence-electron chi connectivity index (χ2n) is 5.31. The molecular formula is C14H19N3O2. The number of amides is 1. The van der Waals surface area contributed by atoms with Gasteiger partial charge in [-0.3, -0.25) is 9.69 Å². The van der Waals surface area contributed by atoms with E-state index in [1.165, 1.54) is 0 Å². The average molecular weight is 261 g/mol. The summed E-state index contributed by atoms with van der Waals surface area (Å²) in [7, 11) is 0. The summed E-state index contributed by atoms with van der Waals surface area (Å²) in [6.07, 6.45) is 2.67. The maximum Gasteiger partial charge on any atom is 0.242 e. The lowest BCUT2D eigenvalue weighted by Gasteiger charge is -2.35. The van der Waals surface area contributed by atoms with E-state index in [-0.39, 0.29) is 24.6 Å². The van der Waals surface area contributed by atoms with Crippen LogP contribution in [0.3, 0.4) is 0 Å². The number of aliphatic hydroxyl groups is 1. The van der Waals surface area contributed by atoms with E-state index in [0.29, 0.717) is 12.1 Å². The van der Waals surface area contributed by atoms with Gasteiger partial charge in [0.15, 0.2) is 0 Å². The van der Waals surface area contributed by atoms with Crippen molar-refractivity contribution in [1.29, 1.82) is 0 Å². The number of nitrogens with two attached hydrogens (primary N) is 1. The maximum atomic E-state index is 12.3. The number of anilines is 2. The first-order valence-corrected chi connectivity index (χ1v) is 6.75. The van der Waals surface area contributed by atoms with Crippen LogP contribution in [0.4, 0.5) is 11.4 Å². The quantitative estimate of drug-likeness (QED) is 0.681. The molecule has 5 heteroatoms. The Kier molecular flexibility index (Phi) is 3.16. The third kappa shape index (κ3) is 2.09. The highest BCUT2D eigenvalue weighted by molar-refractivity contribution is 6.00. The Hall–Kier alpha value is -1.59. The third-order valence-electron chi connectivity index (χ3n) is 4.18. The summed E-state index contributed by atoms with van der Waals surface area (Å²) < 4.78 is 0. The molecule has 1 fully saturated rings. The number of aliphatic hydroxyl groups excluding tert-OH is 1. The Balaban J connectivity index is 1.88. The highest BCUT2D eigenvalue weighted by atomic mass is 16.3. The van der Waals surface area contributed by atoms with Crippen molar-refractivity contribution in [3.63, 3.8) is 0 Å². The van der Waals surface area contributed by atoms with E-state index in [9.17, 15) is 9.90 Å². The van der Waals surface area contributed by atoms with Crippen molar-refractivity contribution in [2.45, 2.75) is 31.3 Å². The average Bonchev–Trinajstić information content (AvgIpc) is 2.87. The van der Waals surface area contributed by atoms with Gasteiger partial charge in [-0.1, -0.05) is 12.1 Å². The summed E-state index contributed by atoms with van der Waals surface area (Å²) in [5.41, 5.74) is 8.33. The second-order valence-corrected chi connectivity index (χ2v) is 5.31. The summed E-state index contributed by atoms with van der Waals surface area (Å²) in [4.78, 5) is 14.4. The van der Waals surface area contributed by atoms with Crippen LogP contribution in [-0.4, -0.2) is 41.1 Å². The van der Waals surface area contributed by atoms with Crippen molar-refractivity contribution in [3.8, 4) is 0 Å². The molecule has 0 aromatic heterocycles. The van der Waals surface area contributed by atoms with Crippen LogP contribution in [0.1, 0.15) is 18.4 Å². The molecule has 0 radical (unpaired) electrons. The Morgan fingerprint density at radius 2 is 2.32 bits per heavy atom. The van der Waals surface area contributed by atoms with Gasteiger partial charge in [0.05, 0.1) is 24.0 Å². The first-order chi connectivity index (χ1) is 9.20. The molecule has 1 unspecified atom stereocenters. The van der Waals surface area contributed by atoms with Crippen LogP contribution in [0, 0.1) is 0 Å². The molecule has 5 nitrogen and oxygen atoms in total. The lowest BCUT2D eigenvalue weighted by molar-refractivity contribution is -0.122. The highest BCUT2D eigenvalue weighted by Gasteiger charge is 2.37. The predicted molar refractivity (Wildman–Crippen MR) is 73.8 cm³/mol. The van der Waals surface area contributed by atoms with E-state index in [2.05, 4.69) is 10.2 Å². The minimum atomic E-state index is -0.186. The van der Waals surface area contributed by atoms with Crippen LogP contribution < -0.4 is 11.1 Å². The number of nitrogens with zero attached hydrogens (tertiary/aromatic N) is 1. The second kappa shape index (κ2) is 4.83. The minimum Gasteiger partial charge on any atom is -0.397 e. The first-order valence-electron chi connectivity index (χ1n) is 6.75. The minimum absolute atomic E-state index is 0.00856. The molecule has 102 valence electrons. The fourth-order valence-corrected chi connectivity index (χ4v) is 3.18. The molecule has 19 heavy (non-hydrogen) atoms. The summed E-state index contributed by atoms with van der Waals surface area (Å²) in [5.74, 6) is -0.00856. The Labute approximate surface area is 112 Å². The molecule has 2 aliphatic rings. The van der Waals surface area contributed by atoms with Gasteiger partial charge in [-0.2, -0.15) is 0 Å². The number of likely N-dealkylation sites (tertiary alicyclic amines) is 1. The predicted octanol–water partition coefficient (Wildman–Crippen LogP) is 0.589. The standard InChI is InChI=1S/C14H19N3O2/c15-11-5-1-3-9-7-12(14(19)16-13(9)11)17-6-2-4-10(17)8-18/h1,3,5,10,12,18H,2,4,6-8,15H2,(H,16,19)/t10-,12?/m0/s1. The Morgan fingerprint density at radius 1 is 1.47 bits per heavy atom. The molecule has 1 aromatic carbocycles. The van der Waals surface area contributed by atoms with E-state index in [1.807, 2.05) is 12.1 Å². The smallest absolute Gasteiger partial charge is 0.242 e. The van der Waals surface area contributed by atoms with Gasteiger partial charge in [0.2, 0.25) is 5.91 Å². The number of fused-ring (bicyclic) bond motifs is 1. The molecule has 4 N–H and O–H groups in total. The van der Waals surface area contributed by atoms with Crippen molar-refractivity contribution in [2.24, 2.45) is 0 Å². The van der Waals surface area contributed by atoms with E-state index >= 15 is 0 Å². The molecule has 0 saturated carbocycles. The number of benzene rings is 1. The van der Waals surface area contributed by atoms with E-state index < -0.39 is 0 Å². The van der Waals surface area contributed by atoms with Crippen molar-refractivity contribution in [2.75, 3.05) is 24.2 Å². The Bertz CT molecular complexity index is 503. The van der Waals surface area contributed by atoms with Gasteiger partial charge in [0.1, 0.15) is 0 Å². The number of carbonyl (C=O) groups is 1. The molecule has 0 spiro atoms. The first kappa shape index (κ1) is 12.4. The Morgan fingerprint density at radius 3 is 3.11 bits per heavy atom. The molecule has 0 bridgehead atoms. The van der Waals surface area contributed by atoms with Crippen LogP contribution in [0.5, 0.6) is 0 Å². The number of hydrogen-bond acceptors (Lipinski definition) is 4. The number of nitrogen functional groups attached to an aromatic ring is 1. The molecule has 0 aliphatic carbocycles. The highest BCUT2D eigenvalue weighted by Crippen LogP contribution is 2.32. The van der Waals surface area contributed by atoms with Crippen molar-refractivity contribution >= 4 is 17.3 Å². The van der Waals surface area contributed by atoms with Crippen molar-refractivity contribution in [3.05, 3.63) is 23.8 Å². The summed E-state index contributed by atoms with van der Waals surface area (Å²) >= 11 is 0. The molecule has 2 atom stereocenters. The van der Waals surface area contributed by atoms with E-state index in [0.717, 1.165) is 30.6 Å². The van der Waals surface area contributed by atoms with Gasteiger partial charge >= 0.3 is 0 Å². The number of nitrogens with one attached hydrogen (secondary N) is 1. The summed E-state index contributed by atoms with van der Waals surface area (Å²) in [5, 5.41) is 12.3. The van der Waals surface area contributed by atoms with E-state index in [4.69, 9.17) is 5.73 Å². The third-order valence-corrected chi connectivity index (χ3v) is 4.18. The number of rotatable bonds is 2. The lowest BCUT2D eigenvalue weighted by atomic mass is 9.96. The van der Waals surface area contributed by atoms with Crippen LogP contribution >= 0.6 is 0 Å². The van der Waals surface area contributed by atoms with Crippen LogP contribution in [0.2, 0.25) is 0 Å².